The minimum atomic E-state index is -0.725. The molecule has 1 rings (SSSR count). The molecule has 0 aliphatic carbocycles. The highest BCUT2D eigenvalue weighted by atomic mass is 16.6. The Balaban J connectivity index is 0.000000433. The van der Waals surface area contributed by atoms with Gasteiger partial charge in [0.2, 0.25) is 0 Å². The van der Waals surface area contributed by atoms with Crippen LogP contribution in [-0.4, -0.2) is 24.8 Å². The third-order valence-electron chi connectivity index (χ3n) is 2.40. The second-order valence-electron chi connectivity index (χ2n) is 5.44. The average molecular weight is 296 g/mol. The predicted octanol–water partition coefficient (Wildman–Crippen LogP) is 2.43. The first-order valence-electron chi connectivity index (χ1n) is 6.48. The molecule has 0 saturated heterocycles. The molecule has 1 atom stereocenters. The number of carbonyl (C=O) groups is 2. The number of anilines is 1. The van der Waals surface area contributed by atoms with Crippen LogP contribution in [0.4, 0.5) is 10.5 Å². The zero-order chi connectivity index (χ0) is 16.6. The van der Waals surface area contributed by atoms with Crippen molar-refractivity contribution in [2.75, 3.05) is 12.8 Å². The Kier molecular flexibility index (Phi) is 7.27. The minimum absolute atomic E-state index is 0.231. The molecular weight excluding hydrogens is 272 g/mol. The first-order chi connectivity index (χ1) is 9.56. The van der Waals surface area contributed by atoms with Crippen LogP contribution in [0.2, 0.25) is 0 Å². The summed E-state index contributed by atoms with van der Waals surface area (Å²) in [6, 6.07) is 7.21. The number of carbonyl (C=O) groups excluding carboxylic acids is 2. The molecular formula is C15H24N2O4. The number of benzene rings is 1. The van der Waals surface area contributed by atoms with Crippen LogP contribution in [0.1, 0.15) is 39.2 Å². The number of rotatable bonds is 2. The molecule has 0 aliphatic heterocycles. The zero-order valence-electron chi connectivity index (χ0n) is 13.2. The van der Waals surface area contributed by atoms with E-state index in [2.05, 4.69) is 9.47 Å². The highest BCUT2D eigenvalue weighted by Gasteiger charge is 2.14. The number of nitrogen functional groups attached to an aromatic ring is 1. The summed E-state index contributed by atoms with van der Waals surface area (Å²) < 4.78 is 9.20. The van der Waals surface area contributed by atoms with E-state index in [1.165, 1.54) is 7.11 Å². The maximum Gasteiger partial charge on any atom is 0.405 e. The van der Waals surface area contributed by atoms with Gasteiger partial charge in [0.15, 0.2) is 0 Å². The molecule has 118 valence electrons. The highest BCUT2D eigenvalue weighted by molar-refractivity contribution is 5.77. The molecule has 4 N–H and O–H groups in total. The van der Waals surface area contributed by atoms with Crippen LogP contribution in [0.5, 0.6) is 0 Å². The first kappa shape index (κ1) is 18.8. The number of methoxy groups -OCH3 is 1. The van der Waals surface area contributed by atoms with Crippen molar-refractivity contribution < 1.29 is 19.1 Å². The smallest absolute Gasteiger partial charge is 0.405 e. The lowest BCUT2D eigenvalue weighted by Gasteiger charge is -2.16. The number of ether oxygens (including phenoxy) is 2. The quantitative estimate of drug-likeness (QED) is 0.644. The summed E-state index contributed by atoms with van der Waals surface area (Å²) >= 11 is 0. The van der Waals surface area contributed by atoms with Crippen molar-refractivity contribution >= 4 is 17.7 Å². The molecule has 0 aliphatic rings. The number of primary amides is 1. The number of hydrogen-bond donors (Lipinski definition) is 2. The normalized spacial score (nSPS) is 11.7. The van der Waals surface area contributed by atoms with Crippen LogP contribution >= 0.6 is 0 Å². The van der Waals surface area contributed by atoms with Crippen LogP contribution < -0.4 is 11.5 Å². The monoisotopic (exact) mass is 296 g/mol. The maximum absolute atomic E-state index is 11.1. The second-order valence-corrected chi connectivity index (χ2v) is 5.44. The molecule has 0 spiro atoms. The Labute approximate surface area is 125 Å². The standard InChI is InChI=1S/C10H13NO2.C5H11NO2/c1-7(10(12)13-2)8-3-5-9(11)6-4-8;1-5(2,3)8-4(6)7/h3-7H,11H2,1-2H3;1-3H3,(H2,6,7). The van der Waals surface area contributed by atoms with Crippen molar-refractivity contribution in [3.63, 3.8) is 0 Å². The van der Waals surface area contributed by atoms with Gasteiger partial charge in [0, 0.05) is 5.69 Å². The summed E-state index contributed by atoms with van der Waals surface area (Å²) in [7, 11) is 1.39. The van der Waals surface area contributed by atoms with Crippen molar-refractivity contribution in [2.24, 2.45) is 5.73 Å². The van der Waals surface area contributed by atoms with Gasteiger partial charge in [-0.2, -0.15) is 0 Å². The lowest BCUT2D eigenvalue weighted by atomic mass is 10.0. The lowest BCUT2D eigenvalue weighted by molar-refractivity contribution is -0.141. The van der Waals surface area contributed by atoms with Gasteiger partial charge in [0.1, 0.15) is 5.60 Å². The van der Waals surface area contributed by atoms with E-state index < -0.39 is 11.7 Å². The average Bonchev–Trinajstić information content (AvgIpc) is 2.35. The summed E-state index contributed by atoms with van der Waals surface area (Å²) in [6.07, 6.45) is -0.725. The minimum Gasteiger partial charge on any atom is -0.469 e. The Morgan fingerprint density at radius 3 is 1.90 bits per heavy atom. The molecule has 1 aromatic carbocycles. The molecule has 1 aromatic rings. The molecule has 0 saturated carbocycles. The van der Waals surface area contributed by atoms with E-state index >= 15 is 0 Å². The molecule has 0 radical (unpaired) electrons. The molecule has 0 aromatic heterocycles. The molecule has 6 heteroatoms. The Hall–Kier alpha value is -2.24. The number of esters is 1. The van der Waals surface area contributed by atoms with E-state index in [0.717, 1.165) is 5.56 Å². The van der Waals surface area contributed by atoms with Crippen LogP contribution in [0.3, 0.4) is 0 Å². The van der Waals surface area contributed by atoms with Gasteiger partial charge in [-0.1, -0.05) is 12.1 Å². The van der Waals surface area contributed by atoms with Gasteiger partial charge in [0.05, 0.1) is 13.0 Å². The van der Waals surface area contributed by atoms with Gasteiger partial charge in [0.25, 0.3) is 0 Å². The summed E-state index contributed by atoms with van der Waals surface area (Å²) in [4.78, 5) is 21.2. The summed E-state index contributed by atoms with van der Waals surface area (Å²) in [5, 5.41) is 0. The predicted molar refractivity (Wildman–Crippen MR) is 81.7 cm³/mol. The van der Waals surface area contributed by atoms with E-state index in [0.29, 0.717) is 5.69 Å². The van der Waals surface area contributed by atoms with E-state index in [1.54, 1.807) is 39.8 Å². The Morgan fingerprint density at radius 1 is 1.14 bits per heavy atom. The van der Waals surface area contributed by atoms with Gasteiger partial charge in [-0.25, -0.2) is 4.79 Å². The van der Waals surface area contributed by atoms with Crippen molar-refractivity contribution in [1.29, 1.82) is 0 Å². The van der Waals surface area contributed by atoms with Crippen molar-refractivity contribution in [1.82, 2.24) is 0 Å². The van der Waals surface area contributed by atoms with Gasteiger partial charge < -0.3 is 20.9 Å². The highest BCUT2D eigenvalue weighted by Crippen LogP contribution is 2.17. The molecule has 6 nitrogen and oxygen atoms in total. The number of hydrogen-bond acceptors (Lipinski definition) is 5. The molecule has 0 heterocycles. The van der Waals surface area contributed by atoms with Gasteiger partial charge in [-0.15, -0.1) is 0 Å². The number of amides is 1. The summed E-state index contributed by atoms with van der Waals surface area (Å²) in [5.41, 5.74) is 11.4. The van der Waals surface area contributed by atoms with E-state index in [1.807, 2.05) is 12.1 Å². The zero-order valence-corrected chi connectivity index (χ0v) is 13.2. The van der Waals surface area contributed by atoms with E-state index in [4.69, 9.17) is 11.5 Å². The SMILES string of the molecule is CC(C)(C)OC(N)=O.COC(=O)C(C)c1ccc(N)cc1. The van der Waals surface area contributed by atoms with Crippen molar-refractivity contribution in [3.05, 3.63) is 29.8 Å². The molecule has 0 fully saturated rings. The first-order valence-corrected chi connectivity index (χ1v) is 6.48. The van der Waals surface area contributed by atoms with E-state index in [9.17, 15) is 9.59 Å². The van der Waals surface area contributed by atoms with Crippen LogP contribution in [0.15, 0.2) is 24.3 Å². The third-order valence-corrected chi connectivity index (χ3v) is 2.40. The number of nitrogens with two attached hydrogens (primary N) is 2. The maximum atomic E-state index is 11.1. The van der Waals surface area contributed by atoms with Crippen LogP contribution in [0.25, 0.3) is 0 Å². The summed E-state index contributed by atoms with van der Waals surface area (Å²) in [5.74, 6) is -0.463. The second kappa shape index (κ2) is 8.14. The van der Waals surface area contributed by atoms with Crippen LogP contribution in [0, 0.1) is 0 Å². The fourth-order valence-electron chi connectivity index (χ4n) is 1.40. The van der Waals surface area contributed by atoms with Crippen molar-refractivity contribution in [2.45, 2.75) is 39.2 Å². The topological polar surface area (TPSA) is 105 Å². The third kappa shape index (κ3) is 8.52. The fourth-order valence-corrected chi connectivity index (χ4v) is 1.40. The summed E-state index contributed by atoms with van der Waals surface area (Å²) in [6.45, 7) is 7.09. The van der Waals surface area contributed by atoms with E-state index in [-0.39, 0.29) is 11.9 Å². The lowest BCUT2D eigenvalue weighted by Crippen LogP contribution is -2.27. The van der Waals surface area contributed by atoms with Gasteiger partial charge in [-0.3, -0.25) is 4.79 Å². The van der Waals surface area contributed by atoms with Gasteiger partial charge in [-0.05, 0) is 45.4 Å². The van der Waals surface area contributed by atoms with Crippen molar-refractivity contribution in [3.8, 4) is 0 Å². The van der Waals surface area contributed by atoms with Crippen LogP contribution in [-0.2, 0) is 14.3 Å². The molecule has 21 heavy (non-hydrogen) atoms. The molecule has 0 bridgehead atoms. The molecule has 1 unspecified atom stereocenters. The fraction of sp³-hybridized carbons (Fsp3) is 0.467. The Bertz CT molecular complexity index is 464. The van der Waals surface area contributed by atoms with Gasteiger partial charge >= 0.3 is 12.1 Å². The molecule has 1 amide bonds. The Morgan fingerprint density at radius 2 is 1.62 bits per heavy atom. The largest absolute Gasteiger partial charge is 0.469 e.